The van der Waals surface area contributed by atoms with E-state index < -0.39 is 24.6 Å². The van der Waals surface area contributed by atoms with Crippen molar-refractivity contribution in [3.8, 4) is 0 Å². The molecule has 1 heterocycles. The van der Waals surface area contributed by atoms with Crippen molar-refractivity contribution in [3.63, 3.8) is 0 Å². The van der Waals surface area contributed by atoms with Crippen molar-refractivity contribution in [3.05, 3.63) is 0 Å². The van der Waals surface area contributed by atoms with Gasteiger partial charge in [-0.2, -0.15) is 0 Å². The molecule has 0 bridgehead atoms. The van der Waals surface area contributed by atoms with Gasteiger partial charge in [-0.15, -0.1) is 0 Å². The van der Waals surface area contributed by atoms with Crippen LogP contribution in [-0.2, 0) is 9.53 Å². The molecule has 0 aromatic rings. The molecule has 7 nitrogen and oxygen atoms in total. The van der Waals surface area contributed by atoms with Crippen molar-refractivity contribution in [1.29, 1.82) is 0 Å². The summed E-state index contributed by atoms with van der Waals surface area (Å²) in [5, 5.41) is 21.9. The lowest BCUT2D eigenvalue weighted by molar-refractivity contribution is -0.140. The van der Waals surface area contributed by atoms with Crippen LogP contribution in [-0.4, -0.2) is 54.1 Å². The summed E-state index contributed by atoms with van der Waals surface area (Å²) in [7, 11) is 0. The van der Waals surface area contributed by atoms with Gasteiger partial charge in [0.2, 0.25) is 0 Å². The fourth-order valence-corrected chi connectivity index (χ4v) is 1.22. The first-order valence-electron chi connectivity index (χ1n) is 4.62. The van der Waals surface area contributed by atoms with E-state index in [1.165, 1.54) is 0 Å². The highest BCUT2D eigenvalue weighted by molar-refractivity contribution is 5.82. The molecule has 2 atom stereocenters. The summed E-state index contributed by atoms with van der Waals surface area (Å²) in [6.45, 7) is 0.390. The molecule has 15 heavy (non-hydrogen) atoms. The topological polar surface area (TPSA) is 108 Å². The molecular formula is C8H14N2O5. The molecule has 4 N–H and O–H groups in total. The van der Waals surface area contributed by atoms with Crippen molar-refractivity contribution >= 4 is 12.0 Å². The maximum absolute atomic E-state index is 11.2. The van der Waals surface area contributed by atoms with E-state index in [0.29, 0.717) is 19.6 Å². The second-order valence-corrected chi connectivity index (χ2v) is 3.25. The maximum Gasteiger partial charge on any atom is 0.328 e. The average molecular weight is 218 g/mol. The number of aliphatic carboxylic acids is 1. The van der Waals surface area contributed by atoms with Crippen molar-refractivity contribution < 1.29 is 24.5 Å². The zero-order valence-corrected chi connectivity index (χ0v) is 8.10. The van der Waals surface area contributed by atoms with E-state index in [1.807, 2.05) is 0 Å². The van der Waals surface area contributed by atoms with Crippen LogP contribution in [0.15, 0.2) is 0 Å². The normalized spacial score (nSPS) is 22.1. The summed E-state index contributed by atoms with van der Waals surface area (Å²) in [5.74, 6) is -1.27. The SMILES string of the molecule is O=C(NC1CCOC1)N[C@@H](CO)C(=O)O. The van der Waals surface area contributed by atoms with Crippen LogP contribution >= 0.6 is 0 Å². The van der Waals surface area contributed by atoms with E-state index in [2.05, 4.69) is 10.6 Å². The van der Waals surface area contributed by atoms with E-state index in [9.17, 15) is 9.59 Å². The minimum absolute atomic E-state index is 0.0851. The summed E-state index contributed by atoms with van der Waals surface area (Å²) >= 11 is 0. The summed E-state index contributed by atoms with van der Waals surface area (Å²) in [4.78, 5) is 21.7. The van der Waals surface area contributed by atoms with E-state index in [4.69, 9.17) is 14.9 Å². The Morgan fingerprint density at radius 2 is 2.27 bits per heavy atom. The van der Waals surface area contributed by atoms with Crippen LogP contribution in [0.1, 0.15) is 6.42 Å². The van der Waals surface area contributed by atoms with Crippen LogP contribution in [0.25, 0.3) is 0 Å². The summed E-state index contributed by atoms with van der Waals surface area (Å²) in [5.41, 5.74) is 0. The molecule has 7 heteroatoms. The molecule has 0 aromatic carbocycles. The maximum atomic E-state index is 11.2. The lowest BCUT2D eigenvalue weighted by Crippen LogP contribution is -2.50. The predicted molar refractivity (Wildman–Crippen MR) is 49.4 cm³/mol. The van der Waals surface area contributed by atoms with Gasteiger partial charge in [0, 0.05) is 6.61 Å². The van der Waals surface area contributed by atoms with Gasteiger partial charge in [-0.25, -0.2) is 9.59 Å². The molecule has 1 unspecified atom stereocenters. The smallest absolute Gasteiger partial charge is 0.328 e. The first-order chi connectivity index (χ1) is 7.13. The van der Waals surface area contributed by atoms with E-state index in [1.54, 1.807) is 0 Å². The third kappa shape index (κ3) is 3.72. The Bertz CT molecular complexity index is 239. The quantitative estimate of drug-likeness (QED) is 0.460. The number of aliphatic hydroxyl groups excluding tert-OH is 1. The monoisotopic (exact) mass is 218 g/mol. The number of hydrogen-bond donors (Lipinski definition) is 4. The van der Waals surface area contributed by atoms with Crippen molar-refractivity contribution in [2.24, 2.45) is 0 Å². The fourth-order valence-electron chi connectivity index (χ4n) is 1.22. The van der Waals surface area contributed by atoms with Crippen LogP contribution in [0.5, 0.6) is 0 Å². The van der Waals surface area contributed by atoms with Crippen LogP contribution in [0.3, 0.4) is 0 Å². The lowest BCUT2D eigenvalue weighted by atomic mass is 10.2. The number of carbonyl (C=O) groups is 2. The zero-order valence-electron chi connectivity index (χ0n) is 8.10. The first kappa shape index (κ1) is 11.7. The Balaban J connectivity index is 2.30. The Morgan fingerprint density at radius 3 is 2.73 bits per heavy atom. The zero-order chi connectivity index (χ0) is 11.3. The summed E-state index contributed by atoms with van der Waals surface area (Å²) in [6, 6.07) is -1.96. The van der Waals surface area contributed by atoms with Crippen LogP contribution in [0.4, 0.5) is 4.79 Å². The second-order valence-electron chi connectivity index (χ2n) is 3.25. The molecule has 0 aliphatic carbocycles. The van der Waals surface area contributed by atoms with Gasteiger partial charge in [-0.05, 0) is 6.42 Å². The number of carbonyl (C=O) groups excluding carboxylic acids is 1. The van der Waals surface area contributed by atoms with Gasteiger partial charge < -0.3 is 25.6 Å². The second kappa shape index (κ2) is 5.52. The minimum Gasteiger partial charge on any atom is -0.480 e. The lowest BCUT2D eigenvalue weighted by Gasteiger charge is -2.15. The Morgan fingerprint density at radius 1 is 1.53 bits per heavy atom. The third-order valence-corrected chi connectivity index (χ3v) is 2.05. The molecule has 1 aliphatic heterocycles. The van der Waals surface area contributed by atoms with Gasteiger partial charge in [0.25, 0.3) is 0 Å². The molecule has 2 amide bonds. The summed E-state index contributed by atoms with van der Waals surface area (Å²) < 4.78 is 5.03. The van der Waals surface area contributed by atoms with Gasteiger partial charge in [0.05, 0.1) is 19.3 Å². The van der Waals surface area contributed by atoms with E-state index in [0.717, 1.165) is 0 Å². The molecule has 86 valence electrons. The van der Waals surface area contributed by atoms with Gasteiger partial charge in [-0.3, -0.25) is 0 Å². The van der Waals surface area contributed by atoms with E-state index >= 15 is 0 Å². The average Bonchev–Trinajstić information content (AvgIpc) is 2.66. The Hall–Kier alpha value is -1.34. The number of rotatable bonds is 4. The fraction of sp³-hybridized carbons (Fsp3) is 0.750. The van der Waals surface area contributed by atoms with Gasteiger partial charge >= 0.3 is 12.0 Å². The Kier molecular flexibility index (Phi) is 4.32. The minimum atomic E-state index is -1.27. The highest BCUT2D eigenvalue weighted by Crippen LogP contribution is 2.02. The molecule has 0 radical (unpaired) electrons. The summed E-state index contributed by atoms with van der Waals surface area (Å²) in [6.07, 6.45) is 0.713. The van der Waals surface area contributed by atoms with Crippen molar-refractivity contribution in [2.75, 3.05) is 19.8 Å². The molecule has 1 saturated heterocycles. The highest BCUT2D eigenvalue weighted by atomic mass is 16.5. The van der Waals surface area contributed by atoms with Gasteiger partial charge in [0.15, 0.2) is 6.04 Å². The van der Waals surface area contributed by atoms with Crippen LogP contribution in [0.2, 0.25) is 0 Å². The van der Waals surface area contributed by atoms with Crippen LogP contribution < -0.4 is 10.6 Å². The number of nitrogens with one attached hydrogen (secondary N) is 2. The molecular weight excluding hydrogens is 204 g/mol. The number of ether oxygens (including phenoxy) is 1. The predicted octanol–water partition coefficient (Wildman–Crippen LogP) is -1.48. The van der Waals surface area contributed by atoms with Gasteiger partial charge in [0.1, 0.15) is 0 Å². The van der Waals surface area contributed by atoms with Crippen molar-refractivity contribution in [1.82, 2.24) is 10.6 Å². The Labute approximate surface area is 86.4 Å². The molecule has 0 saturated carbocycles. The number of carboxylic acid groups (broad SMARTS) is 1. The number of urea groups is 1. The number of aliphatic hydroxyl groups is 1. The van der Waals surface area contributed by atoms with Crippen LogP contribution in [0, 0.1) is 0 Å². The highest BCUT2D eigenvalue weighted by Gasteiger charge is 2.22. The molecule has 0 spiro atoms. The van der Waals surface area contributed by atoms with E-state index in [-0.39, 0.29) is 6.04 Å². The first-order valence-corrected chi connectivity index (χ1v) is 4.62. The third-order valence-electron chi connectivity index (χ3n) is 2.05. The molecule has 1 fully saturated rings. The van der Waals surface area contributed by atoms with Gasteiger partial charge in [-0.1, -0.05) is 0 Å². The largest absolute Gasteiger partial charge is 0.480 e. The molecule has 1 aliphatic rings. The number of hydrogen-bond acceptors (Lipinski definition) is 4. The molecule has 0 aromatic heterocycles. The van der Waals surface area contributed by atoms with Crippen molar-refractivity contribution in [2.45, 2.75) is 18.5 Å². The standard InChI is InChI=1S/C8H14N2O5/c11-3-6(7(12)13)10-8(14)9-5-1-2-15-4-5/h5-6,11H,1-4H2,(H,12,13)(H2,9,10,14)/t5?,6-/m0/s1. The molecule has 1 rings (SSSR count). The number of carboxylic acids is 1. The number of amides is 2.